The van der Waals surface area contributed by atoms with Gasteiger partial charge in [0.1, 0.15) is 0 Å². The Morgan fingerprint density at radius 3 is 2.76 bits per heavy atom. The normalized spacial score (nSPS) is 9.71. The third-order valence-corrected chi connectivity index (χ3v) is 2.06. The Kier molecular flexibility index (Phi) is 4.27. The van der Waals surface area contributed by atoms with Crippen molar-refractivity contribution >= 4 is 23.0 Å². The molecule has 0 unspecified atom stereocenters. The second-order valence-electron chi connectivity index (χ2n) is 3.34. The van der Waals surface area contributed by atoms with Crippen molar-refractivity contribution in [2.24, 2.45) is 0 Å². The van der Waals surface area contributed by atoms with Crippen LogP contribution in [0.15, 0.2) is 18.2 Å². The van der Waals surface area contributed by atoms with Crippen LogP contribution < -0.4 is 16.4 Å². The molecule has 1 rings (SSSR count). The Morgan fingerprint density at radius 2 is 2.24 bits per heavy atom. The minimum Gasteiger partial charge on any atom is -0.397 e. The fraction of sp³-hybridized carbons (Fsp3) is 0.300. The van der Waals surface area contributed by atoms with Crippen LogP contribution in [0.5, 0.6) is 0 Å². The Hall–Kier alpha value is -2.31. The number of non-ortho nitro benzene ring substituents is 1. The molecule has 0 fully saturated rings. The van der Waals surface area contributed by atoms with Crippen molar-refractivity contribution in [3.8, 4) is 0 Å². The minimum absolute atomic E-state index is 0.0777. The molecule has 7 nitrogen and oxygen atoms in total. The van der Waals surface area contributed by atoms with E-state index in [0.29, 0.717) is 12.2 Å². The number of amides is 1. The predicted molar refractivity (Wildman–Crippen MR) is 64.7 cm³/mol. The van der Waals surface area contributed by atoms with E-state index in [0.717, 1.165) is 0 Å². The van der Waals surface area contributed by atoms with Gasteiger partial charge in [0.2, 0.25) is 5.91 Å². The number of hydrogen-bond acceptors (Lipinski definition) is 5. The number of nitrogens with zero attached hydrogens (tertiary/aromatic N) is 1. The highest BCUT2D eigenvalue weighted by Crippen LogP contribution is 2.23. The van der Waals surface area contributed by atoms with Crippen LogP contribution in [0.1, 0.15) is 6.92 Å². The van der Waals surface area contributed by atoms with Gasteiger partial charge in [-0.1, -0.05) is 0 Å². The molecular formula is C10H14N4O3. The average molecular weight is 238 g/mol. The third kappa shape index (κ3) is 3.63. The van der Waals surface area contributed by atoms with Crippen LogP contribution in [0.2, 0.25) is 0 Å². The van der Waals surface area contributed by atoms with Crippen LogP contribution in [-0.4, -0.2) is 23.9 Å². The van der Waals surface area contributed by atoms with E-state index in [1.165, 1.54) is 18.2 Å². The van der Waals surface area contributed by atoms with Gasteiger partial charge in [-0.3, -0.25) is 14.9 Å². The van der Waals surface area contributed by atoms with E-state index in [-0.39, 0.29) is 23.8 Å². The SMILES string of the molecule is CCNC(=O)CNc1ccc([N+](=O)[O-])cc1N. The monoisotopic (exact) mass is 238 g/mol. The first kappa shape index (κ1) is 12.8. The molecule has 92 valence electrons. The summed E-state index contributed by atoms with van der Waals surface area (Å²) in [6, 6.07) is 4.06. The molecule has 0 saturated heterocycles. The molecule has 0 spiro atoms. The first-order valence-corrected chi connectivity index (χ1v) is 5.09. The lowest BCUT2D eigenvalue weighted by Crippen LogP contribution is -2.29. The maximum absolute atomic E-state index is 11.2. The van der Waals surface area contributed by atoms with E-state index >= 15 is 0 Å². The van der Waals surface area contributed by atoms with Crippen LogP contribution in [0, 0.1) is 10.1 Å². The summed E-state index contributed by atoms with van der Waals surface area (Å²) >= 11 is 0. The summed E-state index contributed by atoms with van der Waals surface area (Å²) < 4.78 is 0. The molecule has 0 atom stereocenters. The van der Waals surface area contributed by atoms with Crippen LogP contribution in [0.3, 0.4) is 0 Å². The van der Waals surface area contributed by atoms with Crippen LogP contribution in [0.25, 0.3) is 0 Å². The molecular weight excluding hydrogens is 224 g/mol. The van der Waals surface area contributed by atoms with Gasteiger partial charge < -0.3 is 16.4 Å². The molecule has 17 heavy (non-hydrogen) atoms. The Labute approximate surface area is 98.1 Å². The van der Waals surface area contributed by atoms with Gasteiger partial charge >= 0.3 is 0 Å². The highest BCUT2D eigenvalue weighted by molar-refractivity contribution is 5.82. The number of nitrogen functional groups attached to an aromatic ring is 1. The van der Waals surface area contributed by atoms with Crippen molar-refractivity contribution in [3.63, 3.8) is 0 Å². The molecule has 0 heterocycles. The largest absolute Gasteiger partial charge is 0.397 e. The molecule has 1 amide bonds. The van der Waals surface area contributed by atoms with Crippen LogP contribution in [-0.2, 0) is 4.79 Å². The minimum atomic E-state index is -0.524. The lowest BCUT2D eigenvalue weighted by atomic mass is 10.2. The zero-order valence-corrected chi connectivity index (χ0v) is 9.40. The number of rotatable bonds is 5. The van der Waals surface area contributed by atoms with E-state index in [9.17, 15) is 14.9 Å². The van der Waals surface area contributed by atoms with Gasteiger partial charge in [0.15, 0.2) is 0 Å². The summed E-state index contributed by atoms with van der Waals surface area (Å²) in [7, 11) is 0. The average Bonchev–Trinajstić information content (AvgIpc) is 2.27. The number of hydrogen-bond donors (Lipinski definition) is 3. The van der Waals surface area contributed by atoms with Gasteiger partial charge in [0, 0.05) is 18.7 Å². The van der Waals surface area contributed by atoms with Crippen molar-refractivity contribution < 1.29 is 9.72 Å². The molecule has 4 N–H and O–H groups in total. The standard InChI is InChI=1S/C10H14N4O3/c1-2-12-10(15)6-13-9-4-3-7(14(16)17)5-8(9)11/h3-5,13H,2,6,11H2,1H3,(H,12,15). The topological polar surface area (TPSA) is 110 Å². The summed E-state index contributed by atoms with van der Waals surface area (Å²) in [5, 5.41) is 15.9. The van der Waals surface area contributed by atoms with Crippen molar-refractivity contribution in [1.29, 1.82) is 0 Å². The van der Waals surface area contributed by atoms with E-state index in [1.54, 1.807) is 0 Å². The number of nitro benzene ring substituents is 1. The summed E-state index contributed by atoms with van der Waals surface area (Å²) in [5.41, 5.74) is 6.28. The number of nitro groups is 1. The van der Waals surface area contributed by atoms with Gasteiger partial charge in [-0.05, 0) is 13.0 Å². The summed E-state index contributed by atoms with van der Waals surface area (Å²) in [5.74, 6) is -0.162. The molecule has 0 aliphatic carbocycles. The molecule has 0 saturated carbocycles. The highest BCUT2D eigenvalue weighted by atomic mass is 16.6. The van der Waals surface area contributed by atoms with E-state index < -0.39 is 4.92 Å². The summed E-state index contributed by atoms with van der Waals surface area (Å²) in [4.78, 5) is 21.1. The number of carbonyl (C=O) groups excluding carboxylic acids is 1. The zero-order valence-electron chi connectivity index (χ0n) is 9.40. The van der Waals surface area contributed by atoms with E-state index in [2.05, 4.69) is 10.6 Å². The number of anilines is 2. The maximum atomic E-state index is 11.2. The molecule has 0 aliphatic heterocycles. The second-order valence-corrected chi connectivity index (χ2v) is 3.34. The Morgan fingerprint density at radius 1 is 1.53 bits per heavy atom. The van der Waals surface area contributed by atoms with Gasteiger partial charge in [-0.2, -0.15) is 0 Å². The number of carbonyl (C=O) groups is 1. The van der Waals surface area contributed by atoms with Crippen molar-refractivity contribution in [1.82, 2.24) is 5.32 Å². The lowest BCUT2D eigenvalue weighted by molar-refractivity contribution is -0.384. The number of likely N-dealkylation sites (N-methyl/N-ethyl adjacent to an activating group) is 1. The fourth-order valence-electron chi connectivity index (χ4n) is 1.26. The second kappa shape index (κ2) is 5.69. The predicted octanol–water partition coefficient (Wildman–Crippen LogP) is 0.725. The Balaban J connectivity index is 2.66. The van der Waals surface area contributed by atoms with Gasteiger partial charge in [0.05, 0.1) is 22.8 Å². The smallest absolute Gasteiger partial charge is 0.271 e. The molecule has 7 heteroatoms. The molecule has 1 aromatic rings. The molecule has 0 bridgehead atoms. The lowest BCUT2D eigenvalue weighted by Gasteiger charge is -2.08. The fourth-order valence-corrected chi connectivity index (χ4v) is 1.26. The summed E-state index contributed by atoms with van der Waals surface area (Å²) in [6.07, 6.45) is 0. The maximum Gasteiger partial charge on any atom is 0.271 e. The first-order chi connectivity index (χ1) is 8.04. The third-order valence-electron chi connectivity index (χ3n) is 2.06. The summed E-state index contributed by atoms with van der Waals surface area (Å²) in [6.45, 7) is 2.45. The molecule has 1 aromatic carbocycles. The Bertz CT molecular complexity index is 434. The van der Waals surface area contributed by atoms with Crippen molar-refractivity contribution in [2.75, 3.05) is 24.1 Å². The van der Waals surface area contributed by atoms with E-state index in [1.807, 2.05) is 6.92 Å². The van der Waals surface area contributed by atoms with Crippen LogP contribution in [0.4, 0.5) is 17.1 Å². The molecule has 0 radical (unpaired) electrons. The van der Waals surface area contributed by atoms with E-state index in [4.69, 9.17) is 5.73 Å². The van der Waals surface area contributed by atoms with Gasteiger partial charge in [-0.25, -0.2) is 0 Å². The van der Waals surface area contributed by atoms with Crippen molar-refractivity contribution in [3.05, 3.63) is 28.3 Å². The molecule has 0 aromatic heterocycles. The molecule has 0 aliphatic rings. The highest BCUT2D eigenvalue weighted by Gasteiger charge is 2.09. The number of benzene rings is 1. The van der Waals surface area contributed by atoms with Crippen LogP contribution >= 0.6 is 0 Å². The number of nitrogens with two attached hydrogens (primary N) is 1. The number of nitrogens with one attached hydrogen (secondary N) is 2. The van der Waals surface area contributed by atoms with Crippen molar-refractivity contribution in [2.45, 2.75) is 6.92 Å². The first-order valence-electron chi connectivity index (χ1n) is 5.09. The quantitative estimate of drug-likeness (QED) is 0.398. The van der Waals surface area contributed by atoms with Gasteiger partial charge in [-0.15, -0.1) is 0 Å². The van der Waals surface area contributed by atoms with Gasteiger partial charge in [0.25, 0.3) is 5.69 Å². The zero-order chi connectivity index (χ0) is 12.8.